The van der Waals surface area contributed by atoms with Crippen LogP contribution in [0.1, 0.15) is 37.9 Å². The van der Waals surface area contributed by atoms with Gasteiger partial charge in [0.05, 0.1) is 42.2 Å². The minimum absolute atomic E-state index is 0.175. The minimum atomic E-state index is -0.784. The summed E-state index contributed by atoms with van der Waals surface area (Å²) in [6.45, 7) is 4.39. The zero-order valence-electron chi connectivity index (χ0n) is 23.0. The maximum absolute atomic E-state index is 12.6. The molecule has 0 fully saturated rings. The number of nitrogens with one attached hydrogen (secondary N) is 3. The third kappa shape index (κ3) is 8.09. The van der Waals surface area contributed by atoms with Gasteiger partial charge in [-0.2, -0.15) is 5.10 Å². The summed E-state index contributed by atoms with van der Waals surface area (Å²) in [5.74, 6) is -0.417. The third-order valence-electron chi connectivity index (χ3n) is 5.54. The highest BCUT2D eigenvalue weighted by atomic mass is 127. The van der Waals surface area contributed by atoms with E-state index < -0.39 is 29.9 Å². The topological polar surface area (TPSA) is 163 Å². The van der Waals surface area contributed by atoms with Gasteiger partial charge in [-0.25, -0.2) is 15.0 Å². The molecule has 0 radical (unpaired) electrons. The lowest BCUT2D eigenvalue weighted by Crippen LogP contribution is -2.45. The van der Waals surface area contributed by atoms with Gasteiger partial charge in [0.25, 0.3) is 5.91 Å². The normalized spacial score (nSPS) is 14.6. The number of methoxy groups -OCH3 is 2. The molecule has 13 nitrogen and oxygen atoms in total. The molecule has 3 N–H and O–H groups in total. The molecule has 0 unspecified atom stereocenters. The Morgan fingerprint density at radius 2 is 1.83 bits per heavy atom. The molecule has 0 aromatic heterocycles. The first kappa shape index (κ1) is 31.2. The van der Waals surface area contributed by atoms with Crippen LogP contribution in [0, 0.1) is 3.57 Å². The number of carbonyl (C=O) groups is 4. The lowest BCUT2D eigenvalue weighted by molar-refractivity contribution is -0.139. The van der Waals surface area contributed by atoms with Crippen molar-refractivity contribution in [2.75, 3.05) is 27.4 Å². The van der Waals surface area contributed by atoms with Crippen molar-refractivity contribution in [2.24, 2.45) is 5.10 Å². The van der Waals surface area contributed by atoms with E-state index in [1.807, 2.05) is 22.6 Å². The second kappa shape index (κ2) is 14.3. The summed E-state index contributed by atoms with van der Waals surface area (Å²) in [5.41, 5.74) is 4.15. The Hall–Kier alpha value is -4.34. The van der Waals surface area contributed by atoms with Crippen molar-refractivity contribution < 1.29 is 42.9 Å². The monoisotopic (exact) mass is 680 g/mol. The molecular formula is C27H29IN4O9. The highest BCUT2D eigenvalue weighted by molar-refractivity contribution is 14.1. The second-order valence-corrected chi connectivity index (χ2v) is 9.57. The van der Waals surface area contributed by atoms with Crippen LogP contribution in [0.2, 0.25) is 0 Å². The van der Waals surface area contributed by atoms with Gasteiger partial charge < -0.3 is 34.3 Å². The number of hydrogen-bond donors (Lipinski definition) is 3. The molecule has 0 spiro atoms. The average molecular weight is 680 g/mol. The number of urea groups is 1. The summed E-state index contributed by atoms with van der Waals surface area (Å²) in [4.78, 5) is 48.4. The molecule has 0 aliphatic carbocycles. The first-order valence-corrected chi connectivity index (χ1v) is 13.3. The Balaban J connectivity index is 1.68. The van der Waals surface area contributed by atoms with Crippen LogP contribution < -0.4 is 35.0 Å². The van der Waals surface area contributed by atoms with Crippen molar-refractivity contribution in [1.82, 2.24) is 16.1 Å². The van der Waals surface area contributed by atoms with Crippen LogP contribution in [-0.4, -0.2) is 57.5 Å². The first-order chi connectivity index (χ1) is 19.6. The van der Waals surface area contributed by atoms with Crippen LogP contribution in [-0.2, 0) is 19.1 Å². The van der Waals surface area contributed by atoms with Gasteiger partial charge in [-0.1, -0.05) is 6.07 Å². The van der Waals surface area contributed by atoms with E-state index in [9.17, 15) is 19.2 Å². The Morgan fingerprint density at radius 1 is 1.10 bits per heavy atom. The number of rotatable bonds is 11. The molecule has 0 saturated carbocycles. The van der Waals surface area contributed by atoms with E-state index >= 15 is 0 Å². The minimum Gasteiger partial charge on any atom is -0.493 e. The number of halogens is 1. The molecule has 1 aliphatic heterocycles. The van der Waals surface area contributed by atoms with Gasteiger partial charge in [0.2, 0.25) is 0 Å². The highest BCUT2D eigenvalue weighted by Gasteiger charge is 2.32. The number of amides is 3. The van der Waals surface area contributed by atoms with Crippen molar-refractivity contribution in [2.45, 2.75) is 26.8 Å². The van der Waals surface area contributed by atoms with Crippen LogP contribution in [0.5, 0.6) is 23.0 Å². The predicted molar refractivity (Wildman–Crippen MR) is 155 cm³/mol. The molecule has 1 aliphatic rings. The summed E-state index contributed by atoms with van der Waals surface area (Å²) in [6.07, 6.45) is 1.40. The number of esters is 2. The van der Waals surface area contributed by atoms with Gasteiger partial charge in [0, 0.05) is 12.6 Å². The van der Waals surface area contributed by atoms with Crippen molar-refractivity contribution in [1.29, 1.82) is 0 Å². The van der Waals surface area contributed by atoms with E-state index in [4.69, 9.17) is 23.7 Å². The van der Waals surface area contributed by atoms with Crippen LogP contribution in [0.4, 0.5) is 4.79 Å². The summed E-state index contributed by atoms with van der Waals surface area (Å²) in [7, 11) is 2.87. The molecule has 14 heteroatoms. The van der Waals surface area contributed by atoms with E-state index in [0.717, 1.165) is 0 Å². The molecule has 3 rings (SSSR count). The number of nitrogens with zero attached hydrogens (tertiary/aromatic N) is 1. The number of carbonyl (C=O) groups excluding carboxylic acids is 4. The summed E-state index contributed by atoms with van der Waals surface area (Å²) >= 11 is 2.00. The van der Waals surface area contributed by atoms with Gasteiger partial charge in [0.15, 0.2) is 29.6 Å². The summed E-state index contributed by atoms with van der Waals surface area (Å²) < 4.78 is 27.3. The summed E-state index contributed by atoms with van der Waals surface area (Å²) in [5, 5.41) is 9.23. The average Bonchev–Trinajstić information content (AvgIpc) is 2.92. The van der Waals surface area contributed by atoms with Crippen LogP contribution in [0.25, 0.3) is 0 Å². The quantitative estimate of drug-likeness (QED) is 0.107. The van der Waals surface area contributed by atoms with Gasteiger partial charge in [-0.15, -0.1) is 0 Å². The lowest BCUT2D eigenvalue weighted by Gasteiger charge is -2.28. The molecule has 41 heavy (non-hydrogen) atoms. The van der Waals surface area contributed by atoms with E-state index in [0.29, 0.717) is 31.9 Å². The van der Waals surface area contributed by atoms with Crippen LogP contribution in [0.3, 0.4) is 0 Å². The SMILES string of the molecule is CCOC(=O)C1=C(C)NC(=O)N[C@@H]1c1ccc(OCC(=O)N/N=C/c2cc(I)c(OC(C)=O)c(OC)c2)c(OC)c1. The molecule has 1 atom stereocenters. The fourth-order valence-corrected chi connectivity index (χ4v) is 4.55. The van der Waals surface area contributed by atoms with E-state index in [1.165, 1.54) is 27.4 Å². The zero-order valence-corrected chi connectivity index (χ0v) is 25.1. The van der Waals surface area contributed by atoms with Crippen molar-refractivity contribution in [3.05, 3.63) is 56.3 Å². The maximum atomic E-state index is 12.6. The van der Waals surface area contributed by atoms with E-state index in [-0.39, 0.29) is 30.3 Å². The van der Waals surface area contributed by atoms with Crippen molar-refractivity contribution in [3.8, 4) is 23.0 Å². The third-order valence-corrected chi connectivity index (χ3v) is 6.35. The lowest BCUT2D eigenvalue weighted by atomic mass is 9.95. The number of benzene rings is 2. The van der Waals surface area contributed by atoms with E-state index in [2.05, 4.69) is 21.2 Å². The Bertz CT molecular complexity index is 1410. The fraction of sp³-hybridized carbons (Fsp3) is 0.296. The largest absolute Gasteiger partial charge is 0.493 e. The fourth-order valence-electron chi connectivity index (χ4n) is 3.82. The molecule has 218 valence electrons. The molecule has 1 heterocycles. The molecule has 0 saturated heterocycles. The van der Waals surface area contributed by atoms with Crippen molar-refractivity contribution >= 4 is 52.7 Å². The van der Waals surface area contributed by atoms with Gasteiger partial charge in [-0.05, 0) is 71.8 Å². The molecule has 0 bridgehead atoms. The van der Waals surface area contributed by atoms with Gasteiger partial charge in [0.1, 0.15) is 0 Å². The Kier molecular flexibility index (Phi) is 10.9. The first-order valence-electron chi connectivity index (χ1n) is 12.2. The second-order valence-electron chi connectivity index (χ2n) is 8.41. The zero-order chi connectivity index (χ0) is 30.1. The predicted octanol–water partition coefficient (Wildman–Crippen LogP) is 2.95. The number of hydrazone groups is 1. The number of ether oxygens (including phenoxy) is 5. The molecule has 3 amide bonds. The smallest absolute Gasteiger partial charge is 0.338 e. The summed E-state index contributed by atoms with van der Waals surface area (Å²) in [6, 6.07) is 6.87. The Morgan fingerprint density at radius 3 is 2.49 bits per heavy atom. The van der Waals surface area contributed by atoms with Crippen LogP contribution in [0.15, 0.2) is 46.7 Å². The van der Waals surface area contributed by atoms with Crippen molar-refractivity contribution in [3.63, 3.8) is 0 Å². The molecule has 2 aromatic rings. The van der Waals surface area contributed by atoms with Gasteiger partial charge in [-0.3, -0.25) is 9.59 Å². The number of hydrogen-bond acceptors (Lipinski definition) is 10. The van der Waals surface area contributed by atoms with Crippen LogP contribution >= 0.6 is 22.6 Å². The highest BCUT2D eigenvalue weighted by Crippen LogP contribution is 2.35. The maximum Gasteiger partial charge on any atom is 0.338 e. The molecular weight excluding hydrogens is 651 g/mol. The number of allylic oxidation sites excluding steroid dienone is 1. The molecule has 2 aromatic carbocycles. The van der Waals surface area contributed by atoms with E-state index in [1.54, 1.807) is 44.2 Å². The standard InChI is InChI=1S/C27H29IN4O9/c1-6-39-26(35)23-14(2)30-27(36)31-24(23)17-7-8-19(20(11-17)37-4)40-13-22(34)32-29-12-16-9-18(28)25(41-15(3)33)21(10-16)38-5/h7-12,24H,6,13H2,1-5H3,(H,32,34)(H2,30,31,36)/b29-12+/t24-/m1/s1. The Labute approximate surface area is 249 Å². The van der Waals surface area contributed by atoms with Gasteiger partial charge >= 0.3 is 18.0 Å².